The topological polar surface area (TPSA) is 38.7 Å². The van der Waals surface area contributed by atoms with Crippen molar-refractivity contribution in [1.29, 1.82) is 0 Å². The highest BCUT2D eigenvalue weighted by Crippen LogP contribution is 2.32. The standard InChI is InChI=1S/C11H8F3N3/c1-7-9(11(12,13)14)5-8(6-17-7)10-15-3-2-4-16-10/h2-6H,1H3. The highest BCUT2D eigenvalue weighted by molar-refractivity contribution is 5.55. The average Bonchev–Trinajstić information content (AvgIpc) is 2.29. The first-order valence-electron chi connectivity index (χ1n) is 4.80. The van der Waals surface area contributed by atoms with E-state index in [0.717, 1.165) is 6.07 Å². The predicted octanol–water partition coefficient (Wildman–Crippen LogP) is 2.87. The van der Waals surface area contributed by atoms with E-state index in [0.29, 0.717) is 0 Å². The largest absolute Gasteiger partial charge is 0.418 e. The van der Waals surface area contributed by atoms with Crippen LogP contribution in [0.1, 0.15) is 11.3 Å². The first-order chi connectivity index (χ1) is 7.98. The second-order valence-electron chi connectivity index (χ2n) is 3.43. The summed E-state index contributed by atoms with van der Waals surface area (Å²) in [7, 11) is 0. The zero-order valence-corrected chi connectivity index (χ0v) is 8.86. The van der Waals surface area contributed by atoms with E-state index in [1.54, 1.807) is 6.07 Å². The Bertz CT molecular complexity index is 523. The van der Waals surface area contributed by atoms with Gasteiger partial charge in [0.15, 0.2) is 5.82 Å². The molecule has 0 aliphatic carbocycles. The number of aromatic nitrogens is 3. The number of pyridine rings is 1. The fraction of sp³-hybridized carbons (Fsp3) is 0.182. The molecule has 0 aliphatic heterocycles. The summed E-state index contributed by atoms with van der Waals surface area (Å²) < 4.78 is 38.0. The third kappa shape index (κ3) is 2.41. The van der Waals surface area contributed by atoms with Gasteiger partial charge in [-0.05, 0) is 19.1 Å². The van der Waals surface area contributed by atoms with Crippen molar-refractivity contribution in [3.05, 3.63) is 42.0 Å². The monoisotopic (exact) mass is 239 g/mol. The molecule has 0 bridgehead atoms. The van der Waals surface area contributed by atoms with E-state index in [1.165, 1.54) is 25.5 Å². The minimum Gasteiger partial charge on any atom is -0.260 e. The van der Waals surface area contributed by atoms with E-state index in [4.69, 9.17) is 0 Å². The lowest BCUT2D eigenvalue weighted by molar-refractivity contribution is -0.138. The molecule has 6 heteroatoms. The molecule has 2 aromatic heterocycles. The van der Waals surface area contributed by atoms with Crippen LogP contribution >= 0.6 is 0 Å². The Morgan fingerprint density at radius 1 is 1.06 bits per heavy atom. The lowest BCUT2D eigenvalue weighted by Crippen LogP contribution is -2.09. The summed E-state index contributed by atoms with van der Waals surface area (Å²) in [5.41, 5.74) is -0.567. The van der Waals surface area contributed by atoms with E-state index < -0.39 is 11.7 Å². The molecule has 0 saturated carbocycles. The zero-order chi connectivity index (χ0) is 12.5. The maximum Gasteiger partial charge on any atom is 0.418 e. The number of hydrogen-bond acceptors (Lipinski definition) is 3. The van der Waals surface area contributed by atoms with E-state index >= 15 is 0 Å². The first kappa shape index (κ1) is 11.5. The Labute approximate surface area is 95.4 Å². The van der Waals surface area contributed by atoms with Gasteiger partial charge in [-0.1, -0.05) is 0 Å². The molecule has 17 heavy (non-hydrogen) atoms. The fourth-order valence-corrected chi connectivity index (χ4v) is 1.39. The van der Waals surface area contributed by atoms with Gasteiger partial charge >= 0.3 is 6.18 Å². The van der Waals surface area contributed by atoms with Crippen LogP contribution in [0, 0.1) is 6.92 Å². The molecule has 2 heterocycles. The molecule has 2 rings (SSSR count). The van der Waals surface area contributed by atoms with Crippen LogP contribution in [0.3, 0.4) is 0 Å². The summed E-state index contributed by atoms with van der Waals surface area (Å²) in [6, 6.07) is 2.60. The van der Waals surface area contributed by atoms with Gasteiger partial charge in [0.2, 0.25) is 0 Å². The average molecular weight is 239 g/mol. The minimum atomic E-state index is -4.41. The van der Waals surface area contributed by atoms with Crippen LogP contribution in [0.2, 0.25) is 0 Å². The van der Waals surface area contributed by atoms with Gasteiger partial charge in [0.05, 0.1) is 5.56 Å². The minimum absolute atomic E-state index is 0.0582. The van der Waals surface area contributed by atoms with Crippen molar-refractivity contribution >= 4 is 0 Å². The molecule has 0 radical (unpaired) electrons. The third-order valence-corrected chi connectivity index (χ3v) is 2.22. The molecule has 3 nitrogen and oxygen atoms in total. The highest BCUT2D eigenvalue weighted by Gasteiger charge is 2.33. The van der Waals surface area contributed by atoms with Gasteiger partial charge in [-0.2, -0.15) is 13.2 Å². The Hall–Kier alpha value is -1.98. The molecular formula is C11H8F3N3. The Morgan fingerprint density at radius 2 is 1.71 bits per heavy atom. The molecule has 2 aromatic rings. The predicted molar refractivity (Wildman–Crippen MR) is 55.0 cm³/mol. The first-order valence-corrected chi connectivity index (χ1v) is 4.80. The lowest BCUT2D eigenvalue weighted by Gasteiger charge is -2.10. The van der Waals surface area contributed by atoms with Crippen LogP contribution in [-0.2, 0) is 6.18 Å². The molecule has 0 aromatic carbocycles. The van der Waals surface area contributed by atoms with Crippen molar-refractivity contribution in [2.75, 3.05) is 0 Å². The molecule has 88 valence electrons. The number of halogens is 3. The number of rotatable bonds is 1. The number of aryl methyl sites for hydroxylation is 1. The van der Waals surface area contributed by atoms with Gasteiger partial charge in [0.1, 0.15) is 0 Å². The molecule has 0 unspecified atom stereocenters. The fourth-order valence-electron chi connectivity index (χ4n) is 1.39. The molecule has 0 fully saturated rings. The van der Waals surface area contributed by atoms with Gasteiger partial charge in [0.25, 0.3) is 0 Å². The van der Waals surface area contributed by atoms with Gasteiger partial charge < -0.3 is 0 Å². The SMILES string of the molecule is Cc1ncc(-c2ncccn2)cc1C(F)(F)F. The van der Waals surface area contributed by atoms with Crippen LogP contribution in [-0.4, -0.2) is 15.0 Å². The lowest BCUT2D eigenvalue weighted by atomic mass is 10.1. The maximum atomic E-state index is 12.7. The Balaban J connectivity index is 2.53. The van der Waals surface area contributed by atoms with Crippen molar-refractivity contribution < 1.29 is 13.2 Å². The van der Waals surface area contributed by atoms with E-state index in [1.807, 2.05) is 0 Å². The van der Waals surface area contributed by atoms with Crippen LogP contribution in [0.4, 0.5) is 13.2 Å². The van der Waals surface area contributed by atoms with Crippen molar-refractivity contribution in [1.82, 2.24) is 15.0 Å². The second-order valence-corrected chi connectivity index (χ2v) is 3.43. The Kier molecular flexibility index (Phi) is 2.79. The van der Waals surface area contributed by atoms with Crippen molar-refractivity contribution in [3.63, 3.8) is 0 Å². The highest BCUT2D eigenvalue weighted by atomic mass is 19.4. The van der Waals surface area contributed by atoms with Crippen LogP contribution in [0.25, 0.3) is 11.4 Å². The van der Waals surface area contributed by atoms with Gasteiger partial charge in [0, 0.05) is 29.8 Å². The summed E-state index contributed by atoms with van der Waals surface area (Å²) in [5.74, 6) is 0.227. The molecular weight excluding hydrogens is 231 g/mol. The summed E-state index contributed by atoms with van der Waals surface area (Å²) in [6.07, 6.45) is -0.146. The van der Waals surface area contributed by atoms with Crippen LogP contribution in [0.15, 0.2) is 30.7 Å². The van der Waals surface area contributed by atoms with Gasteiger partial charge in [-0.15, -0.1) is 0 Å². The summed E-state index contributed by atoms with van der Waals surface area (Å²) in [4.78, 5) is 11.5. The number of hydrogen-bond donors (Lipinski definition) is 0. The smallest absolute Gasteiger partial charge is 0.260 e. The maximum absolute atomic E-state index is 12.7. The van der Waals surface area contributed by atoms with Crippen LogP contribution < -0.4 is 0 Å². The summed E-state index contributed by atoms with van der Waals surface area (Å²) in [6.45, 7) is 1.32. The molecule has 0 atom stereocenters. The van der Waals surface area contributed by atoms with E-state index in [-0.39, 0.29) is 17.1 Å². The number of nitrogens with zero attached hydrogens (tertiary/aromatic N) is 3. The van der Waals surface area contributed by atoms with Crippen molar-refractivity contribution in [2.45, 2.75) is 13.1 Å². The summed E-state index contributed by atoms with van der Waals surface area (Å²) >= 11 is 0. The van der Waals surface area contributed by atoms with Crippen LogP contribution in [0.5, 0.6) is 0 Å². The van der Waals surface area contributed by atoms with E-state index in [2.05, 4.69) is 15.0 Å². The zero-order valence-electron chi connectivity index (χ0n) is 8.86. The summed E-state index contributed by atoms with van der Waals surface area (Å²) in [5, 5.41) is 0. The third-order valence-electron chi connectivity index (χ3n) is 2.22. The van der Waals surface area contributed by atoms with Gasteiger partial charge in [-0.3, -0.25) is 4.98 Å². The normalized spacial score (nSPS) is 11.5. The molecule has 0 aliphatic rings. The molecule has 0 N–H and O–H groups in total. The second kappa shape index (κ2) is 4.12. The Morgan fingerprint density at radius 3 is 2.29 bits per heavy atom. The molecule has 0 saturated heterocycles. The van der Waals surface area contributed by atoms with Crippen molar-refractivity contribution in [2.24, 2.45) is 0 Å². The molecule has 0 amide bonds. The van der Waals surface area contributed by atoms with E-state index in [9.17, 15) is 13.2 Å². The van der Waals surface area contributed by atoms with Crippen molar-refractivity contribution in [3.8, 4) is 11.4 Å². The van der Waals surface area contributed by atoms with Gasteiger partial charge in [-0.25, -0.2) is 9.97 Å². The quantitative estimate of drug-likeness (QED) is 0.768. The molecule has 0 spiro atoms. The number of alkyl halides is 3.